The maximum absolute atomic E-state index is 2.64. The van der Waals surface area contributed by atoms with Gasteiger partial charge in [0.2, 0.25) is 0 Å². The van der Waals surface area contributed by atoms with E-state index < -0.39 is 0 Å². The van der Waals surface area contributed by atoms with E-state index in [9.17, 15) is 0 Å². The molecule has 0 N–H and O–H groups in total. The van der Waals surface area contributed by atoms with E-state index in [4.69, 9.17) is 0 Å². The SMILES string of the molecule is CCN1CCC[C@H]1C1(C)C=CC=CC1. The highest BCUT2D eigenvalue weighted by Crippen LogP contribution is 2.39. The molecule has 1 nitrogen and oxygen atoms in total. The molecule has 0 aromatic carbocycles. The molecule has 1 saturated heterocycles. The molecule has 1 unspecified atom stereocenters. The first-order valence-corrected chi connectivity index (χ1v) is 5.85. The van der Waals surface area contributed by atoms with E-state index in [1.54, 1.807) is 0 Å². The van der Waals surface area contributed by atoms with Gasteiger partial charge in [-0.15, -0.1) is 0 Å². The zero-order chi connectivity index (χ0) is 10.0. The van der Waals surface area contributed by atoms with Gasteiger partial charge in [0.05, 0.1) is 0 Å². The molecule has 0 bridgehead atoms. The summed E-state index contributed by atoms with van der Waals surface area (Å²) in [6, 6.07) is 0.772. The first-order valence-electron chi connectivity index (χ1n) is 5.85. The average Bonchev–Trinajstić information content (AvgIpc) is 2.67. The zero-order valence-electron chi connectivity index (χ0n) is 9.37. The van der Waals surface area contributed by atoms with Gasteiger partial charge in [0.15, 0.2) is 0 Å². The van der Waals surface area contributed by atoms with Gasteiger partial charge in [-0.1, -0.05) is 38.2 Å². The van der Waals surface area contributed by atoms with Crippen LogP contribution in [0.3, 0.4) is 0 Å². The van der Waals surface area contributed by atoms with Crippen LogP contribution < -0.4 is 0 Å². The number of hydrogen-bond donors (Lipinski definition) is 0. The molecular weight excluding hydrogens is 170 g/mol. The van der Waals surface area contributed by atoms with Crippen LogP contribution in [0.1, 0.15) is 33.1 Å². The molecule has 1 aliphatic carbocycles. The van der Waals surface area contributed by atoms with Crippen LogP contribution in [0.5, 0.6) is 0 Å². The largest absolute Gasteiger partial charge is 0.300 e. The van der Waals surface area contributed by atoms with Gasteiger partial charge in [0.1, 0.15) is 0 Å². The van der Waals surface area contributed by atoms with Crippen molar-refractivity contribution in [1.29, 1.82) is 0 Å². The Morgan fingerprint density at radius 3 is 2.93 bits per heavy atom. The molecule has 1 heteroatoms. The van der Waals surface area contributed by atoms with Gasteiger partial charge in [-0.2, -0.15) is 0 Å². The summed E-state index contributed by atoms with van der Waals surface area (Å²) in [5.74, 6) is 0. The van der Waals surface area contributed by atoms with Gasteiger partial charge in [-0.25, -0.2) is 0 Å². The molecule has 1 aliphatic heterocycles. The van der Waals surface area contributed by atoms with Crippen molar-refractivity contribution >= 4 is 0 Å². The van der Waals surface area contributed by atoms with E-state index >= 15 is 0 Å². The van der Waals surface area contributed by atoms with Crippen LogP contribution in [-0.2, 0) is 0 Å². The first-order chi connectivity index (χ1) is 6.76. The Labute approximate surface area is 87.5 Å². The van der Waals surface area contributed by atoms with Crippen molar-refractivity contribution in [2.75, 3.05) is 13.1 Å². The lowest BCUT2D eigenvalue weighted by Crippen LogP contribution is -2.41. The van der Waals surface area contributed by atoms with Gasteiger partial charge >= 0.3 is 0 Å². The maximum atomic E-state index is 2.64. The monoisotopic (exact) mass is 191 g/mol. The summed E-state index contributed by atoms with van der Waals surface area (Å²) >= 11 is 0. The molecule has 78 valence electrons. The molecule has 0 aromatic heterocycles. The number of allylic oxidation sites excluding steroid dienone is 3. The Balaban J connectivity index is 2.13. The van der Waals surface area contributed by atoms with E-state index in [1.165, 1.54) is 32.4 Å². The second kappa shape index (κ2) is 3.90. The molecule has 2 aliphatic rings. The normalized spacial score (nSPS) is 38.0. The lowest BCUT2D eigenvalue weighted by molar-refractivity contribution is 0.156. The quantitative estimate of drug-likeness (QED) is 0.648. The lowest BCUT2D eigenvalue weighted by Gasteiger charge is -2.38. The van der Waals surface area contributed by atoms with Crippen molar-refractivity contribution in [1.82, 2.24) is 4.90 Å². The van der Waals surface area contributed by atoms with Crippen LogP contribution in [0.4, 0.5) is 0 Å². The fourth-order valence-electron chi connectivity index (χ4n) is 2.94. The van der Waals surface area contributed by atoms with E-state index in [2.05, 4.69) is 43.1 Å². The third-order valence-corrected chi connectivity index (χ3v) is 3.81. The second-order valence-electron chi connectivity index (χ2n) is 4.78. The summed E-state index contributed by atoms with van der Waals surface area (Å²) in [7, 11) is 0. The minimum Gasteiger partial charge on any atom is -0.300 e. The predicted molar refractivity (Wildman–Crippen MR) is 61.3 cm³/mol. The molecule has 0 amide bonds. The van der Waals surface area contributed by atoms with Crippen LogP contribution >= 0.6 is 0 Å². The Bertz CT molecular complexity index is 254. The number of likely N-dealkylation sites (tertiary alicyclic amines) is 1. The second-order valence-corrected chi connectivity index (χ2v) is 4.78. The van der Waals surface area contributed by atoms with Crippen LogP contribution in [0.15, 0.2) is 24.3 Å². The van der Waals surface area contributed by atoms with Crippen LogP contribution in [0.2, 0.25) is 0 Å². The van der Waals surface area contributed by atoms with E-state index in [-0.39, 0.29) is 0 Å². The van der Waals surface area contributed by atoms with Gasteiger partial charge < -0.3 is 0 Å². The third-order valence-electron chi connectivity index (χ3n) is 3.81. The standard InChI is InChI=1S/C13H21N/c1-3-14-11-7-8-12(14)13(2)9-5-4-6-10-13/h4-6,9,12H,3,7-8,10-11H2,1-2H3/t12-,13?/m0/s1. The third kappa shape index (κ3) is 1.66. The Morgan fingerprint density at radius 2 is 2.29 bits per heavy atom. The molecule has 2 atom stereocenters. The van der Waals surface area contributed by atoms with Crippen molar-refractivity contribution in [3.8, 4) is 0 Å². The van der Waals surface area contributed by atoms with Crippen LogP contribution in [0.25, 0.3) is 0 Å². The molecule has 14 heavy (non-hydrogen) atoms. The van der Waals surface area contributed by atoms with Crippen molar-refractivity contribution in [3.05, 3.63) is 24.3 Å². The number of hydrogen-bond acceptors (Lipinski definition) is 1. The fraction of sp³-hybridized carbons (Fsp3) is 0.692. The minimum absolute atomic E-state index is 0.390. The zero-order valence-corrected chi connectivity index (χ0v) is 9.37. The lowest BCUT2D eigenvalue weighted by atomic mass is 9.76. The molecule has 0 saturated carbocycles. The van der Waals surface area contributed by atoms with Crippen LogP contribution in [-0.4, -0.2) is 24.0 Å². The highest BCUT2D eigenvalue weighted by molar-refractivity contribution is 5.18. The van der Waals surface area contributed by atoms with Gasteiger partial charge in [0.25, 0.3) is 0 Å². The topological polar surface area (TPSA) is 3.24 Å². The summed E-state index contributed by atoms with van der Waals surface area (Å²) in [6.45, 7) is 7.20. The van der Waals surface area contributed by atoms with Gasteiger partial charge in [0, 0.05) is 11.5 Å². The molecule has 0 aromatic rings. The van der Waals surface area contributed by atoms with Crippen molar-refractivity contribution in [2.45, 2.75) is 39.2 Å². The highest BCUT2D eigenvalue weighted by Gasteiger charge is 2.37. The Morgan fingerprint density at radius 1 is 1.43 bits per heavy atom. The summed E-state index contributed by atoms with van der Waals surface area (Å²) in [4.78, 5) is 2.64. The number of rotatable bonds is 2. The van der Waals surface area contributed by atoms with E-state index in [0.29, 0.717) is 5.41 Å². The summed E-state index contributed by atoms with van der Waals surface area (Å²) in [5, 5.41) is 0. The average molecular weight is 191 g/mol. The fourth-order valence-corrected chi connectivity index (χ4v) is 2.94. The number of nitrogens with zero attached hydrogens (tertiary/aromatic N) is 1. The Hall–Kier alpha value is -0.560. The van der Waals surface area contributed by atoms with Crippen LogP contribution in [0, 0.1) is 5.41 Å². The molecule has 1 heterocycles. The predicted octanol–water partition coefficient (Wildman–Crippen LogP) is 2.99. The smallest absolute Gasteiger partial charge is 0.0187 e. The molecule has 0 spiro atoms. The van der Waals surface area contributed by atoms with Crippen molar-refractivity contribution in [3.63, 3.8) is 0 Å². The molecule has 2 rings (SSSR count). The maximum Gasteiger partial charge on any atom is 0.0187 e. The first kappa shape index (κ1) is 9.97. The minimum atomic E-state index is 0.390. The highest BCUT2D eigenvalue weighted by atomic mass is 15.2. The molecular formula is C13H21N. The molecule has 1 fully saturated rings. The Kier molecular flexibility index (Phi) is 2.78. The molecule has 0 radical (unpaired) electrons. The van der Waals surface area contributed by atoms with E-state index in [0.717, 1.165) is 6.04 Å². The summed E-state index contributed by atoms with van der Waals surface area (Å²) < 4.78 is 0. The van der Waals surface area contributed by atoms with E-state index in [1.807, 2.05) is 0 Å². The van der Waals surface area contributed by atoms with Crippen molar-refractivity contribution < 1.29 is 0 Å². The summed E-state index contributed by atoms with van der Waals surface area (Å²) in [5.41, 5.74) is 0.390. The van der Waals surface area contributed by atoms with Gasteiger partial charge in [-0.3, -0.25) is 4.90 Å². The van der Waals surface area contributed by atoms with Gasteiger partial charge in [-0.05, 0) is 32.4 Å². The van der Waals surface area contributed by atoms with Crippen molar-refractivity contribution in [2.24, 2.45) is 5.41 Å². The summed E-state index contributed by atoms with van der Waals surface area (Å²) in [6.07, 6.45) is 13.1.